The molecular formula is C14H25NO5. The number of carboxylic acid groups (broad SMARTS) is 1. The minimum atomic E-state index is -0.868. The van der Waals surface area contributed by atoms with Gasteiger partial charge >= 0.3 is 5.97 Å². The van der Waals surface area contributed by atoms with Crippen LogP contribution in [-0.4, -0.2) is 49.5 Å². The van der Waals surface area contributed by atoms with Crippen LogP contribution in [0.15, 0.2) is 0 Å². The number of rotatable bonds is 10. The number of hydrogen-bond acceptors (Lipinski definition) is 4. The molecule has 0 aromatic rings. The maximum Gasteiger partial charge on any atom is 0.303 e. The highest BCUT2D eigenvalue weighted by atomic mass is 16.5. The van der Waals surface area contributed by atoms with Gasteiger partial charge in [-0.25, -0.2) is 0 Å². The number of carboxylic acids is 1. The largest absolute Gasteiger partial charge is 0.481 e. The summed E-state index contributed by atoms with van der Waals surface area (Å²) in [6, 6.07) is 0. The Bertz CT molecular complexity index is 302. The van der Waals surface area contributed by atoms with Gasteiger partial charge in [0.2, 0.25) is 5.91 Å². The monoisotopic (exact) mass is 287 g/mol. The summed E-state index contributed by atoms with van der Waals surface area (Å²) in [7, 11) is 0. The Balaban J connectivity index is 1.92. The van der Waals surface area contributed by atoms with E-state index < -0.39 is 5.97 Å². The molecule has 0 bridgehead atoms. The van der Waals surface area contributed by atoms with Crippen LogP contribution in [0.1, 0.15) is 39.0 Å². The zero-order valence-electron chi connectivity index (χ0n) is 12.1. The first-order chi connectivity index (χ1) is 9.58. The normalized spacial score (nSPS) is 19.8. The summed E-state index contributed by atoms with van der Waals surface area (Å²) < 4.78 is 10.9. The number of aliphatic carboxylic acids is 1. The van der Waals surface area contributed by atoms with Crippen molar-refractivity contribution in [2.45, 2.75) is 45.1 Å². The van der Waals surface area contributed by atoms with Crippen molar-refractivity contribution in [1.29, 1.82) is 0 Å². The van der Waals surface area contributed by atoms with Crippen LogP contribution in [0.2, 0.25) is 0 Å². The second-order valence-electron chi connectivity index (χ2n) is 5.32. The second-order valence-corrected chi connectivity index (χ2v) is 5.32. The summed E-state index contributed by atoms with van der Waals surface area (Å²) in [5.41, 5.74) is 0. The number of hydrogen-bond donors (Lipinski definition) is 2. The minimum absolute atomic E-state index is 0.0257. The van der Waals surface area contributed by atoms with Crippen LogP contribution < -0.4 is 5.32 Å². The Morgan fingerprint density at radius 3 is 2.90 bits per heavy atom. The SMILES string of the molecule is CC(CC(=O)O)CC(=O)NCCCOCC1CCCO1. The summed E-state index contributed by atoms with van der Waals surface area (Å²) in [5.74, 6) is -1.10. The quantitative estimate of drug-likeness (QED) is 0.590. The topological polar surface area (TPSA) is 84.9 Å². The predicted octanol–water partition coefficient (Wildman–Crippen LogP) is 1.19. The molecule has 1 saturated heterocycles. The molecule has 2 N–H and O–H groups in total. The molecule has 6 nitrogen and oxygen atoms in total. The number of ether oxygens (including phenoxy) is 2. The summed E-state index contributed by atoms with van der Waals surface area (Å²) in [6.45, 7) is 4.38. The summed E-state index contributed by atoms with van der Waals surface area (Å²) in [5, 5.41) is 11.4. The Morgan fingerprint density at radius 2 is 2.25 bits per heavy atom. The fraction of sp³-hybridized carbons (Fsp3) is 0.857. The van der Waals surface area contributed by atoms with Crippen molar-refractivity contribution in [2.75, 3.05) is 26.4 Å². The molecular weight excluding hydrogens is 262 g/mol. The van der Waals surface area contributed by atoms with E-state index in [0.29, 0.717) is 19.8 Å². The van der Waals surface area contributed by atoms with E-state index in [4.69, 9.17) is 14.6 Å². The smallest absolute Gasteiger partial charge is 0.303 e. The first kappa shape index (κ1) is 16.9. The highest BCUT2D eigenvalue weighted by Gasteiger charge is 2.15. The number of carbonyl (C=O) groups excluding carboxylic acids is 1. The van der Waals surface area contributed by atoms with Gasteiger partial charge in [0.15, 0.2) is 0 Å². The van der Waals surface area contributed by atoms with Gasteiger partial charge in [-0.3, -0.25) is 9.59 Å². The average Bonchev–Trinajstić information content (AvgIpc) is 2.85. The van der Waals surface area contributed by atoms with Gasteiger partial charge in [-0.15, -0.1) is 0 Å². The Labute approximate surface area is 119 Å². The summed E-state index contributed by atoms with van der Waals surface area (Å²) >= 11 is 0. The van der Waals surface area contributed by atoms with Crippen molar-refractivity contribution >= 4 is 11.9 Å². The third kappa shape index (κ3) is 8.12. The molecule has 1 aliphatic rings. The molecule has 1 rings (SSSR count). The molecule has 0 spiro atoms. The van der Waals surface area contributed by atoms with E-state index in [2.05, 4.69) is 5.32 Å². The van der Waals surface area contributed by atoms with Gasteiger partial charge in [0, 0.05) is 32.6 Å². The number of carbonyl (C=O) groups is 2. The Kier molecular flexibility index (Phi) is 8.22. The van der Waals surface area contributed by atoms with E-state index in [0.717, 1.165) is 25.9 Å². The predicted molar refractivity (Wildman–Crippen MR) is 73.5 cm³/mol. The molecule has 1 fully saturated rings. The van der Waals surface area contributed by atoms with Crippen LogP contribution in [0.25, 0.3) is 0 Å². The van der Waals surface area contributed by atoms with Crippen molar-refractivity contribution in [3.63, 3.8) is 0 Å². The Morgan fingerprint density at radius 1 is 1.45 bits per heavy atom. The molecule has 2 atom stereocenters. The van der Waals surface area contributed by atoms with Crippen LogP contribution in [0.5, 0.6) is 0 Å². The van der Waals surface area contributed by atoms with E-state index in [9.17, 15) is 9.59 Å². The van der Waals surface area contributed by atoms with Crippen molar-refractivity contribution in [3.05, 3.63) is 0 Å². The van der Waals surface area contributed by atoms with Crippen LogP contribution >= 0.6 is 0 Å². The fourth-order valence-electron chi connectivity index (χ4n) is 2.15. The molecule has 1 amide bonds. The van der Waals surface area contributed by atoms with Crippen molar-refractivity contribution in [2.24, 2.45) is 5.92 Å². The molecule has 1 aliphatic heterocycles. The van der Waals surface area contributed by atoms with E-state index in [1.165, 1.54) is 0 Å². The molecule has 0 aromatic heterocycles. The van der Waals surface area contributed by atoms with E-state index in [1.54, 1.807) is 6.92 Å². The minimum Gasteiger partial charge on any atom is -0.481 e. The molecule has 0 saturated carbocycles. The Hall–Kier alpha value is -1.14. The van der Waals surface area contributed by atoms with E-state index in [-0.39, 0.29) is 30.8 Å². The van der Waals surface area contributed by atoms with Gasteiger partial charge < -0.3 is 19.9 Å². The second kappa shape index (κ2) is 9.72. The molecule has 0 aromatic carbocycles. The fourth-order valence-corrected chi connectivity index (χ4v) is 2.15. The standard InChI is InChI=1S/C14H25NO5/c1-11(9-14(17)18)8-13(16)15-5-3-6-19-10-12-4-2-7-20-12/h11-12H,2-10H2,1H3,(H,15,16)(H,17,18). The molecule has 0 radical (unpaired) electrons. The van der Waals surface area contributed by atoms with Gasteiger partial charge in [-0.1, -0.05) is 6.92 Å². The van der Waals surface area contributed by atoms with Crippen LogP contribution in [-0.2, 0) is 19.1 Å². The van der Waals surface area contributed by atoms with Crippen LogP contribution in [0.4, 0.5) is 0 Å². The lowest BCUT2D eigenvalue weighted by atomic mass is 10.0. The highest BCUT2D eigenvalue weighted by Crippen LogP contribution is 2.11. The van der Waals surface area contributed by atoms with E-state index in [1.807, 2.05) is 0 Å². The molecule has 116 valence electrons. The van der Waals surface area contributed by atoms with E-state index >= 15 is 0 Å². The summed E-state index contributed by atoms with van der Waals surface area (Å²) in [6.07, 6.45) is 3.45. The van der Waals surface area contributed by atoms with Gasteiger partial charge in [0.05, 0.1) is 12.7 Å². The van der Waals surface area contributed by atoms with Gasteiger partial charge in [-0.2, -0.15) is 0 Å². The molecule has 0 aliphatic carbocycles. The first-order valence-electron chi connectivity index (χ1n) is 7.25. The lowest BCUT2D eigenvalue weighted by molar-refractivity contribution is -0.138. The zero-order chi connectivity index (χ0) is 14.8. The maximum absolute atomic E-state index is 11.5. The number of nitrogens with one attached hydrogen (secondary N) is 1. The average molecular weight is 287 g/mol. The number of amides is 1. The van der Waals surface area contributed by atoms with Crippen LogP contribution in [0, 0.1) is 5.92 Å². The summed E-state index contributed by atoms with van der Waals surface area (Å²) in [4.78, 5) is 22.0. The van der Waals surface area contributed by atoms with Crippen LogP contribution in [0.3, 0.4) is 0 Å². The lowest BCUT2D eigenvalue weighted by Gasteiger charge is -2.11. The van der Waals surface area contributed by atoms with Crippen molar-refractivity contribution in [1.82, 2.24) is 5.32 Å². The molecule has 20 heavy (non-hydrogen) atoms. The lowest BCUT2D eigenvalue weighted by Crippen LogP contribution is -2.27. The third-order valence-corrected chi connectivity index (χ3v) is 3.17. The highest BCUT2D eigenvalue weighted by molar-refractivity contribution is 5.77. The molecule has 6 heteroatoms. The first-order valence-corrected chi connectivity index (χ1v) is 7.25. The van der Waals surface area contributed by atoms with Gasteiger partial charge in [-0.05, 0) is 25.2 Å². The third-order valence-electron chi connectivity index (χ3n) is 3.17. The van der Waals surface area contributed by atoms with Gasteiger partial charge in [0.25, 0.3) is 0 Å². The molecule has 2 unspecified atom stereocenters. The maximum atomic E-state index is 11.5. The van der Waals surface area contributed by atoms with Gasteiger partial charge in [0.1, 0.15) is 0 Å². The van der Waals surface area contributed by atoms with Crippen molar-refractivity contribution < 1.29 is 24.2 Å². The van der Waals surface area contributed by atoms with Crippen molar-refractivity contribution in [3.8, 4) is 0 Å². The molecule has 1 heterocycles. The zero-order valence-corrected chi connectivity index (χ0v) is 12.1.